The van der Waals surface area contributed by atoms with Crippen molar-refractivity contribution in [3.05, 3.63) is 60.2 Å². The van der Waals surface area contributed by atoms with Crippen LogP contribution in [0, 0.1) is 0 Å². The van der Waals surface area contributed by atoms with E-state index in [1.54, 1.807) is 26.6 Å². The lowest BCUT2D eigenvalue weighted by Gasteiger charge is -2.36. The minimum atomic E-state index is -0.0338. The molecule has 156 valence electrons. The fraction of sp³-hybridized carbons (Fsp3) is 0.348. The molecule has 7 heteroatoms. The zero-order valence-electron chi connectivity index (χ0n) is 17.3. The van der Waals surface area contributed by atoms with E-state index in [2.05, 4.69) is 15.2 Å². The van der Waals surface area contributed by atoms with Crippen LogP contribution in [0.25, 0.3) is 11.1 Å². The molecule has 1 saturated heterocycles. The summed E-state index contributed by atoms with van der Waals surface area (Å²) in [5.41, 5.74) is 3.86. The number of rotatable bonds is 6. The van der Waals surface area contributed by atoms with Gasteiger partial charge in [-0.05, 0) is 55.2 Å². The van der Waals surface area contributed by atoms with E-state index in [1.807, 2.05) is 41.4 Å². The summed E-state index contributed by atoms with van der Waals surface area (Å²) in [5, 5.41) is 7.44. The molecule has 7 nitrogen and oxygen atoms in total. The molecule has 2 aromatic heterocycles. The zero-order valence-corrected chi connectivity index (χ0v) is 17.3. The van der Waals surface area contributed by atoms with Crippen LogP contribution in [0.15, 0.2) is 48.9 Å². The topological polar surface area (TPSA) is 80.3 Å². The van der Waals surface area contributed by atoms with Gasteiger partial charge in [-0.25, -0.2) is 0 Å². The van der Waals surface area contributed by atoms with Crippen LogP contribution < -0.4 is 9.47 Å². The van der Waals surface area contributed by atoms with Gasteiger partial charge in [-0.15, -0.1) is 0 Å². The molecule has 0 radical (unpaired) electrons. The largest absolute Gasteiger partial charge is 0.497 e. The molecule has 1 aliphatic heterocycles. The van der Waals surface area contributed by atoms with E-state index >= 15 is 0 Å². The van der Waals surface area contributed by atoms with Crippen LogP contribution in [-0.2, 0) is 11.2 Å². The minimum absolute atomic E-state index is 0.0338. The number of piperidine rings is 1. The molecule has 30 heavy (non-hydrogen) atoms. The number of amides is 1. The number of aromatic nitrogens is 3. The Hall–Kier alpha value is -3.35. The van der Waals surface area contributed by atoms with Gasteiger partial charge in [0, 0.05) is 30.1 Å². The molecule has 0 aliphatic carbocycles. The number of hydrogen-bond donors (Lipinski definition) is 1. The fourth-order valence-corrected chi connectivity index (χ4v) is 4.13. The molecule has 1 N–H and O–H groups in total. The summed E-state index contributed by atoms with van der Waals surface area (Å²) in [5.74, 6) is 1.47. The molecular weight excluding hydrogens is 380 g/mol. The van der Waals surface area contributed by atoms with Gasteiger partial charge in [0.2, 0.25) is 5.91 Å². The molecular formula is C23H26N4O3. The first kappa shape index (κ1) is 19.9. The van der Waals surface area contributed by atoms with Gasteiger partial charge in [0.1, 0.15) is 11.5 Å². The van der Waals surface area contributed by atoms with Gasteiger partial charge in [-0.2, -0.15) is 5.10 Å². The van der Waals surface area contributed by atoms with E-state index in [9.17, 15) is 4.79 Å². The number of carbonyl (C=O) groups is 1. The number of benzene rings is 1. The number of hydrogen-bond acceptors (Lipinski definition) is 5. The Morgan fingerprint density at radius 3 is 2.77 bits per heavy atom. The summed E-state index contributed by atoms with van der Waals surface area (Å²) < 4.78 is 10.8. The minimum Gasteiger partial charge on any atom is -0.497 e. The summed E-state index contributed by atoms with van der Waals surface area (Å²) in [6, 6.07) is 9.44. The number of nitrogens with one attached hydrogen (secondary N) is 1. The molecule has 0 bridgehead atoms. The highest BCUT2D eigenvalue weighted by Gasteiger charge is 2.31. The predicted octanol–water partition coefficient (Wildman–Crippen LogP) is 3.79. The van der Waals surface area contributed by atoms with E-state index in [-0.39, 0.29) is 18.4 Å². The number of carbonyl (C=O) groups excluding carboxylic acids is 1. The summed E-state index contributed by atoms with van der Waals surface area (Å²) in [7, 11) is 3.23. The van der Waals surface area contributed by atoms with Crippen molar-refractivity contribution in [2.75, 3.05) is 20.8 Å². The average molecular weight is 406 g/mol. The Kier molecular flexibility index (Phi) is 5.97. The maximum atomic E-state index is 13.4. The van der Waals surface area contributed by atoms with Crippen molar-refractivity contribution in [3.63, 3.8) is 0 Å². The van der Waals surface area contributed by atoms with Crippen LogP contribution in [-0.4, -0.2) is 46.8 Å². The summed E-state index contributed by atoms with van der Waals surface area (Å²) in [6.07, 6.45) is 8.60. The van der Waals surface area contributed by atoms with Crippen LogP contribution in [0.2, 0.25) is 0 Å². The number of likely N-dealkylation sites (tertiary alicyclic amines) is 1. The normalized spacial score (nSPS) is 16.3. The number of methoxy groups -OCH3 is 2. The van der Waals surface area contributed by atoms with Crippen LogP contribution >= 0.6 is 0 Å². The lowest BCUT2D eigenvalue weighted by molar-refractivity contribution is -0.134. The molecule has 0 saturated carbocycles. The molecule has 1 aliphatic rings. The molecule has 1 aromatic carbocycles. The fourth-order valence-electron chi connectivity index (χ4n) is 4.13. The Bertz CT molecular complexity index is 1000. The smallest absolute Gasteiger partial charge is 0.227 e. The van der Waals surface area contributed by atoms with E-state index in [1.165, 1.54) is 0 Å². The van der Waals surface area contributed by atoms with Crippen LogP contribution in [0.5, 0.6) is 11.5 Å². The molecule has 4 rings (SSSR count). The first-order valence-corrected chi connectivity index (χ1v) is 10.1. The van der Waals surface area contributed by atoms with Gasteiger partial charge in [-0.3, -0.25) is 14.9 Å². The van der Waals surface area contributed by atoms with Gasteiger partial charge < -0.3 is 14.4 Å². The first-order valence-electron chi connectivity index (χ1n) is 10.1. The number of nitrogens with zero attached hydrogens (tertiary/aromatic N) is 3. The molecule has 1 amide bonds. The lowest BCUT2D eigenvalue weighted by Crippen LogP contribution is -2.39. The van der Waals surface area contributed by atoms with Crippen molar-refractivity contribution in [2.24, 2.45) is 0 Å². The van der Waals surface area contributed by atoms with Gasteiger partial charge in [-0.1, -0.05) is 0 Å². The number of H-pyrrole nitrogens is 1. The standard InChI is InChI=1S/C23H26N4O3/c1-29-18-6-7-21(30-2)17(13-18)14-22(28)27-12-4-3-5-20(27)23-19(15-25-26-23)16-8-10-24-11-9-16/h6-11,13,15,20H,3-5,12,14H2,1-2H3,(H,25,26)/t20-/m0/s1. The summed E-state index contributed by atoms with van der Waals surface area (Å²) in [4.78, 5) is 19.4. The average Bonchev–Trinajstić information content (AvgIpc) is 3.29. The highest BCUT2D eigenvalue weighted by molar-refractivity contribution is 5.80. The van der Waals surface area contributed by atoms with Crippen molar-refractivity contribution in [1.82, 2.24) is 20.1 Å². The van der Waals surface area contributed by atoms with Crippen LogP contribution in [0.3, 0.4) is 0 Å². The van der Waals surface area contributed by atoms with E-state index in [4.69, 9.17) is 9.47 Å². The molecule has 1 atom stereocenters. The second-order valence-electron chi connectivity index (χ2n) is 7.39. The second kappa shape index (κ2) is 8.98. The third-order valence-electron chi connectivity index (χ3n) is 5.65. The van der Waals surface area contributed by atoms with Gasteiger partial charge in [0.15, 0.2) is 0 Å². The van der Waals surface area contributed by atoms with Crippen LogP contribution in [0.1, 0.15) is 36.6 Å². The van der Waals surface area contributed by atoms with Crippen molar-refractivity contribution in [2.45, 2.75) is 31.7 Å². The monoisotopic (exact) mass is 406 g/mol. The van der Waals surface area contributed by atoms with Crippen LogP contribution in [0.4, 0.5) is 0 Å². The van der Waals surface area contributed by atoms with Gasteiger partial charge >= 0.3 is 0 Å². The quantitative estimate of drug-likeness (QED) is 0.674. The Balaban J connectivity index is 1.61. The van der Waals surface area contributed by atoms with E-state index in [0.29, 0.717) is 11.5 Å². The molecule has 0 spiro atoms. The van der Waals surface area contributed by atoms with Crippen molar-refractivity contribution >= 4 is 5.91 Å². The summed E-state index contributed by atoms with van der Waals surface area (Å²) in [6.45, 7) is 0.727. The lowest BCUT2D eigenvalue weighted by atomic mass is 9.94. The molecule has 3 aromatic rings. The molecule has 1 fully saturated rings. The van der Waals surface area contributed by atoms with Crippen molar-refractivity contribution in [3.8, 4) is 22.6 Å². The maximum Gasteiger partial charge on any atom is 0.227 e. The Morgan fingerprint density at radius 2 is 2.00 bits per heavy atom. The Labute approximate surface area is 176 Å². The SMILES string of the molecule is COc1ccc(OC)c(CC(=O)N2CCCC[C@H]2c2[nH]ncc2-c2ccncc2)c1. The zero-order chi connectivity index (χ0) is 20.9. The second-order valence-corrected chi connectivity index (χ2v) is 7.39. The number of pyridine rings is 1. The van der Waals surface area contributed by atoms with E-state index < -0.39 is 0 Å². The molecule has 0 unspecified atom stereocenters. The maximum absolute atomic E-state index is 13.4. The number of aromatic amines is 1. The third kappa shape index (κ3) is 4.01. The van der Waals surface area contributed by atoms with E-state index in [0.717, 1.165) is 48.2 Å². The number of ether oxygens (including phenoxy) is 2. The van der Waals surface area contributed by atoms with Crippen molar-refractivity contribution < 1.29 is 14.3 Å². The highest BCUT2D eigenvalue weighted by atomic mass is 16.5. The predicted molar refractivity (Wildman–Crippen MR) is 113 cm³/mol. The highest BCUT2D eigenvalue weighted by Crippen LogP contribution is 2.36. The first-order chi connectivity index (χ1) is 14.7. The Morgan fingerprint density at radius 1 is 1.17 bits per heavy atom. The van der Waals surface area contributed by atoms with Crippen molar-refractivity contribution in [1.29, 1.82) is 0 Å². The summed E-state index contributed by atoms with van der Waals surface area (Å²) >= 11 is 0. The third-order valence-corrected chi connectivity index (χ3v) is 5.65. The van der Waals surface area contributed by atoms with Gasteiger partial charge in [0.05, 0.1) is 38.6 Å². The van der Waals surface area contributed by atoms with Gasteiger partial charge in [0.25, 0.3) is 0 Å². The molecule has 3 heterocycles.